The number of hydrogen-bond donors (Lipinski definition) is 3. The average Bonchev–Trinajstić information content (AvgIpc) is 3.19. The first-order valence-electron chi connectivity index (χ1n) is 9.56. The summed E-state index contributed by atoms with van der Waals surface area (Å²) in [5, 5.41) is 13.8. The van der Waals surface area contributed by atoms with Gasteiger partial charge in [-0.2, -0.15) is 5.10 Å². The number of hydrogen-bond acceptors (Lipinski definition) is 3. The summed E-state index contributed by atoms with van der Waals surface area (Å²) in [7, 11) is 1.80. The SMILES string of the molecule is CN=C(NCc1cccc(NC(=O)Cn2cccn2)c1)NC1CCCCC1. The predicted octanol–water partition coefficient (Wildman–Crippen LogP) is 2.52. The molecule has 0 unspecified atom stereocenters. The van der Waals surface area contributed by atoms with Gasteiger partial charge in [-0.15, -0.1) is 0 Å². The van der Waals surface area contributed by atoms with E-state index in [1.807, 2.05) is 24.3 Å². The Morgan fingerprint density at radius 3 is 2.85 bits per heavy atom. The minimum Gasteiger partial charge on any atom is -0.354 e. The normalized spacial score (nSPS) is 15.4. The van der Waals surface area contributed by atoms with Crippen LogP contribution in [-0.4, -0.2) is 34.7 Å². The molecule has 7 nitrogen and oxygen atoms in total. The number of aromatic nitrogens is 2. The van der Waals surface area contributed by atoms with Crippen molar-refractivity contribution in [3.63, 3.8) is 0 Å². The van der Waals surface area contributed by atoms with Crippen molar-refractivity contribution in [2.75, 3.05) is 12.4 Å². The standard InChI is InChI=1S/C20H28N6O/c1-21-20(25-17-8-3-2-4-9-17)22-14-16-7-5-10-18(13-16)24-19(27)15-26-12-6-11-23-26/h5-7,10-13,17H,2-4,8-9,14-15H2,1H3,(H,24,27)(H2,21,22,25). The lowest BCUT2D eigenvalue weighted by molar-refractivity contribution is -0.116. The first-order valence-corrected chi connectivity index (χ1v) is 9.56. The Kier molecular flexibility index (Phi) is 6.84. The van der Waals surface area contributed by atoms with Crippen LogP contribution in [0.5, 0.6) is 0 Å². The van der Waals surface area contributed by atoms with Crippen LogP contribution in [0, 0.1) is 0 Å². The number of benzene rings is 1. The van der Waals surface area contributed by atoms with Gasteiger partial charge in [0.25, 0.3) is 0 Å². The molecule has 1 aromatic heterocycles. The Bertz CT molecular complexity index is 750. The van der Waals surface area contributed by atoms with Gasteiger partial charge in [-0.25, -0.2) is 0 Å². The van der Waals surface area contributed by atoms with Gasteiger partial charge in [0.15, 0.2) is 5.96 Å². The summed E-state index contributed by atoms with van der Waals surface area (Å²) in [6.07, 6.45) is 9.75. The number of carbonyl (C=O) groups excluding carboxylic acids is 1. The van der Waals surface area contributed by atoms with Crippen molar-refractivity contribution in [3.05, 3.63) is 48.3 Å². The summed E-state index contributed by atoms with van der Waals surface area (Å²) in [6, 6.07) is 10.1. The zero-order chi connectivity index (χ0) is 18.9. The van der Waals surface area contributed by atoms with Gasteiger partial charge < -0.3 is 16.0 Å². The minimum absolute atomic E-state index is 0.0985. The molecule has 0 saturated heterocycles. The Hall–Kier alpha value is -2.83. The first kappa shape index (κ1) is 18.9. The molecule has 0 spiro atoms. The number of guanidine groups is 1. The fourth-order valence-electron chi connectivity index (χ4n) is 3.32. The van der Waals surface area contributed by atoms with E-state index in [-0.39, 0.29) is 12.5 Å². The first-order chi connectivity index (χ1) is 13.2. The second kappa shape index (κ2) is 9.75. The summed E-state index contributed by atoms with van der Waals surface area (Å²) in [4.78, 5) is 16.4. The van der Waals surface area contributed by atoms with Crippen molar-refractivity contribution in [2.24, 2.45) is 4.99 Å². The van der Waals surface area contributed by atoms with E-state index in [2.05, 4.69) is 26.0 Å². The molecule has 1 aliphatic rings. The van der Waals surface area contributed by atoms with Crippen LogP contribution in [-0.2, 0) is 17.9 Å². The zero-order valence-corrected chi connectivity index (χ0v) is 15.8. The quantitative estimate of drug-likeness (QED) is 0.540. The predicted molar refractivity (Wildman–Crippen MR) is 108 cm³/mol. The number of rotatable bonds is 6. The monoisotopic (exact) mass is 368 g/mol. The van der Waals surface area contributed by atoms with Gasteiger partial charge in [0.2, 0.25) is 5.91 Å². The maximum Gasteiger partial charge on any atom is 0.246 e. The second-order valence-electron chi connectivity index (χ2n) is 6.86. The molecule has 1 saturated carbocycles. The van der Waals surface area contributed by atoms with Gasteiger partial charge in [0.1, 0.15) is 6.54 Å². The lowest BCUT2D eigenvalue weighted by Gasteiger charge is -2.25. The van der Waals surface area contributed by atoms with E-state index in [1.165, 1.54) is 32.1 Å². The molecule has 0 atom stereocenters. The number of nitrogens with zero attached hydrogens (tertiary/aromatic N) is 3. The van der Waals surface area contributed by atoms with Crippen LogP contribution in [0.1, 0.15) is 37.7 Å². The van der Waals surface area contributed by atoms with Gasteiger partial charge in [-0.3, -0.25) is 14.5 Å². The van der Waals surface area contributed by atoms with Crippen LogP contribution in [0.2, 0.25) is 0 Å². The maximum absolute atomic E-state index is 12.1. The Labute approximate surface area is 160 Å². The van der Waals surface area contributed by atoms with E-state index in [4.69, 9.17) is 0 Å². The van der Waals surface area contributed by atoms with Crippen molar-refractivity contribution in [1.82, 2.24) is 20.4 Å². The molecule has 7 heteroatoms. The van der Waals surface area contributed by atoms with E-state index >= 15 is 0 Å². The van der Waals surface area contributed by atoms with Crippen LogP contribution >= 0.6 is 0 Å². The molecule has 1 aromatic carbocycles. The third-order valence-corrected chi connectivity index (χ3v) is 4.71. The van der Waals surface area contributed by atoms with E-state index in [0.717, 1.165) is 17.2 Å². The van der Waals surface area contributed by atoms with E-state index in [9.17, 15) is 4.79 Å². The molecule has 1 heterocycles. The molecule has 2 aromatic rings. The highest BCUT2D eigenvalue weighted by molar-refractivity contribution is 5.90. The van der Waals surface area contributed by atoms with Crippen LogP contribution in [0.4, 0.5) is 5.69 Å². The molecular weight excluding hydrogens is 340 g/mol. The molecular formula is C20H28N6O. The van der Waals surface area contributed by atoms with Crippen LogP contribution in [0.25, 0.3) is 0 Å². The van der Waals surface area contributed by atoms with Crippen LogP contribution in [0.3, 0.4) is 0 Å². The average molecular weight is 368 g/mol. The summed E-state index contributed by atoms with van der Waals surface area (Å²) >= 11 is 0. The molecule has 0 radical (unpaired) electrons. The highest BCUT2D eigenvalue weighted by Crippen LogP contribution is 2.17. The highest BCUT2D eigenvalue weighted by atomic mass is 16.2. The van der Waals surface area contributed by atoms with Crippen molar-refractivity contribution < 1.29 is 4.79 Å². The largest absolute Gasteiger partial charge is 0.354 e. The van der Waals surface area contributed by atoms with Crippen molar-refractivity contribution in [2.45, 2.75) is 51.2 Å². The van der Waals surface area contributed by atoms with Gasteiger partial charge >= 0.3 is 0 Å². The maximum atomic E-state index is 12.1. The van der Waals surface area contributed by atoms with E-state index in [1.54, 1.807) is 30.2 Å². The number of anilines is 1. The summed E-state index contributed by atoms with van der Waals surface area (Å²) in [6.45, 7) is 0.850. The Balaban J connectivity index is 1.49. The van der Waals surface area contributed by atoms with E-state index in [0.29, 0.717) is 12.6 Å². The fraction of sp³-hybridized carbons (Fsp3) is 0.450. The number of amides is 1. The van der Waals surface area contributed by atoms with Gasteiger partial charge in [0.05, 0.1) is 0 Å². The lowest BCUT2D eigenvalue weighted by Crippen LogP contribution is -2.43. The topological polar surface area (TPSA) is 83.3 Å². The van der Waals surface area contributed by atoms with Gasteiger partial charge in [-0.1, -0.05) is 31.4 Å². The molecule has 1 fully saturated rings. The third-order valence-electron chi connectivity index (χ3n) is 4.71. The summed E-state index contributed by atoms with van der Waals surface area (Å²) in [5.41, 5.74) is 1.86. The summed E-state index contributed by atoms with van der Waals surface area (Å²) < 4.78 is 1.60. The number of aliphatic imine (C=N–C) groups is 1. The van der Waals surface area contributed by atoms with Crippen molar-refractivity contribution >= 4 is 17.6 Å². The highest BCUT2D eigenvalue weighted by Gasteiger charge is 2.14. The smallest absolute Gasteiger partial charge is 0.246 e. The Morgan fingerprint density at radius 2 is 2.11 bits per heavy atom. The van der Waals surface area contributed by atoms with E-state index < -0.39 is 0 Å². The molecule has 144 valence electrons. The number of nitrogens with one attached hydrogen (secondary N) is 3. The van der Waals surface area contributed by atoms with Crippen LogP contribution < -0.4 is 16.0 Å². The summed E-state index contributed by atoms with van der Waals surface area (Å²) in [5.74, 6) is 0.730. The molecule has 0 aliphatic heterocycles. The Morgan fingerprint density at radius 1 is 1.26 bits per heavy atom. The fourth-order valence-corrected chi connectivity index (χ4v) is 3.32. The molecule has 3 N–H and O–H groups in total. The zero-order valence-electron chi connectivity index (χ0n) is 15.8. The minimum atomic E-state index is -0.0985. The molecule has 1 amide bonds. The molecule has 0 bridgehead atoms. The molecule has 27 heavy (non-hydrogen) atoms. The van der Waals surface area contributed by atoms with Crippen LogP contribution in [0.15, 0.2) is 47.7 Å². The van der Waals surface area contributed by atoms with Gasteiger partial charge in [0, 0.05) is 37.7 Å². The third kappa shape index (κ3) is 6.13. The number of carbonyl (C=O) groups is 1. The second-order valence-corrected chi connectivity index (χ2v) is 6.86. The van der Waals surface area contributed by atoms with Crippen molar-refractivity contribution in [1.29, 1.82) is 0 Å². The van der Waals surface area contributed by atoms with Gasteiger partial charge in [-0.05, 0) is 36.6 Å². The van der Waals surface area contributed by atoms with Crippen molar-refractivity contribution in [3.8, 4) is 0 Å². The lowest BCUT2D eigenvalue weighted by atomic mass is 9.96. The molecule has 1 aliphatic carbocycles. The molecule has 3 rings (SSSR count).